The van der Waals surface area contributed by atoms with Gasteiger partial charge in [0.15, 0.2) is 0 Å². The van der Waals surface area contributed by atoms with Gasteiger partial charge in [0.2, 0.25) is 5.91 Å². The summed E-state index contributed by atoms with van der Waals surface area (Å²) < 4.78 is 5.26. The molecule has 34 heavy (non-hydrogen) atoms. The number of ether oxygens (including phenoxy) is 1. The number of rotatable bonds is 8. The Kier molecular flexibility index (Phi) is 9.24. The largest absolute Gasteiger partial charge is 0.444 e. The Morgan fingerprint density at radius 1 is 1.03 bits per heavy atom. The lowest BCUT2D eigenvalue weighted by molar-refractivity contribution is -0.140. The van der Waals surface area contributed by atoms with Crippen LogP contribution in [0.25, 0.3) is 0 Å². The summed E-state index contributed by atoms with van der Waals surface area (Å²) >= 11 is 0. The number of alkyl carbamates (subject to hydrolysis) is 1. The van der Waals surface area contributed by atoms with Gasteiger partial charge in [0.25, 0.3) is 5.91 Å². The predicted molar refractivity (Wildman–Crippen MR) is 135 cm³/mol. The van der Waals surface area contributed by atoms with Gasteiger partial charge >= 0.3 is 6.09 Å². The fourth-order valence-electron chi connectivity index (χ4n) is 3.59. The average molecular weight is 468 g/mol. The third-order valence-electron chi connectivity index (χ3n) is 5.42. The summed E-state index contributed by atoms with van der Waals surface area (Å²) in [6.07, 6.45) is -0.0422. The highest BCUT2D eigenvalue weighted by Gasteiger charge is 2.34. The normalized spacial score (nSPS) is 12.9. The topological polar surface area (TPSA) is 87.7 Å². The maximum Gasteiger partial charge on any atom is 0.408 e. The lowest BCUT2D eigenvalue weighted by Gasteiger charge is -2.36. The molecular formula is C27H37N3O4. The molecule has 0 spiro atoms. The van der Waals surface area contributed by atoms with E-state index in [1.807, 2.05) is 76.2 Å². The number of amides is 3. The van der Waals surface area contributed by atoms with E-state index in [-0.39, 0.29) is 24.4 Å². The Hall–Kier alpha value is -3.35. The summed E-state index contributed by atoms with van der Waals surface area (Å²) in [6, 6.07) is 14.0. The molecule has 0 aromatic heterocycles. The smallest absolute Gasteiger partial charge is 0.408 e. The Labute approximate surface area is 202 Å². The molecule has 7 nitrogen and oxygen atoms in total. The summed E-state index contributed by atoms with van der Waals surface area (Å²) in [5.41, 5.74) is 2.62. The van der Waals surface area contributed by atoms with Gasteiger partial charge in [-0.15, -0.1) is 0 Å². The van der Waals surface area contributed by atoms with E-state index in [9.17, 15) is 14.4 Å². The van der Waals surface area contributed by atoms with Gasteiger partial charge in [-0.25, -0.2) is 4.79 Å². The van der Waals surface area contributed by atoms with Crippen molar-refractivity contribution >= 4 is 23.6 Å². The van der Waals surface area contributed by atoms with Crippen LogP contribution in [0, 0.1) is 13.8 Å². The molecule has 2 aromatic carbocycles. The minimum absolute atomic E-state index is 0.249. The highest BCUT2D eigenvalue weighted by atomic mass is 16.6. The molecule has 2 aromatic rings. The number of para-hydroxylation sites is 1. The number of nitrogens with one attached hydrogen (secondary N) is 2. The zero-order valence-corrected chi connectivity index (χ0v) is 21.3. The number of carbonyl (C=O) groups is 3. The van der Waals surface area contributed by atoms with Crippen molar-refractivity contribution in [3.63, 3.8) is 0 Å². The van der Waals surface area contributed by atoms with Crippen molar-refractivity contribution in [3.05, 3.63) is 65.2 Å². The van der Waals surface area contributed by atoms with Crippen molar-refractivity contribution in [2.75, 3.05) is 11.9 Å². The van der Waals surface area contributed by atoms with E-state index < -0.39 is 17.7 Å². The lowest BCUT2D eigenvalue weighted by Crippen LogP contribution is -2.50. The van der Waals surface area contributed by atoms with Gasteiger partial charge < -0.3 is 20.3 Å². The molecule has 0 fully saturated rings. The van der Waals surface area contributed by atoms with Crippen molar-refractivity contribution in [1.82, 2.24) is 10.2 Å². The summed E-state index contributed by atoms with van der Waals surface area (Å²) in [7, 11) is 0. The quantitative estimate of drug-likeness (QED) is 0.563. The first-order valence-corrected chi connectivity index (χ1v) is 11.6. The van der Waals surface area contributed by atoms with Gasteiger partial charge in [-0.3, -0.25) is 9.59 Å². The van der Waals surface area contributed by atoms with Gasteiger partial charge in [-0.05, 0) is 65.2 Å². The van der Waals surface area contributed by atoms with E-state index in [1.165, 1.54) is 0 Å². The molecule has 7 heteroatoms. The number of nitrogens with zero attached hydrogens (tertiary/aromatic N) is 1. The predicted octanol–water partition coefficient (Wildman–Crippen LogP) is 5.14. The van der Waals surface area contributed by atoms with Gasteiger partial charge in [-0.1, -0.05) is 55.0 Å². The fourth-order valence-corrected chi connectivity index (χ4v) is 3.59. The summed E-state index contributed by atoms with van der Waals surface area (Å²) in [5.74, 6) is -0.683. The number of carbonyl (C=O) groups excluding carboxylic acids is 3. The Morgan fingerprint density at radius 3 is 2.29 bits per heavy atom. The maximum atomic E-state index is 13.7. The molecule has 2 atom stereocenters. The van der Waals surface area contributed by atoms with Crippen molar-refractivity contribution in [1.29, 1.82) is 0 Å². The summed E-state index contributed by atoms with van der Waals surface area (Å²) in [5, 5.41) is 5.52. The summed E-state index contributed by atoms with van der Waals surface area (Å²) in [4.78, 5) is 40.8. The van der Waals surface area contributed by atoms with Crippen LogP contribution in [0.1, 0.15) is 63.8 Å². The minimum Gasteiger partial charge on any atom is -0.444 e. The number of aryl methyl sites for hydroxylation is 2. The van der Waals surface area contributed by atoms with Crippen LogP contribution < -0.4 is 10.6 Å². The van der Waals surface area contributed by atoms with E-state index in [1.54, 1.807) is 25.7 Å². The first kappa shape index (κ1) is 26.9. The van der Waals surface area contributed by atoms with Crippen LogP contribution in [-0.4, -0.2) is 41.0 Å². The molecule has 2 N–H and O–H groups in total. The highest BCUT2D eigenvalue weighted by molar-refractivity contribution is 5.99. The zero-order valence-electron chi connectivity index (χ0n) is 21.3. The monoisotopic (exact) mass is 467 g/mol. The molecule has 184 valence electrons. The first-order chi connectivity index (χ1) is 15.9. The van der Waals surface area contributed by atoms with Crippen LogP contribution in [0.5, 0.6) is 0 Å². The van der Waals surface area contributed by atoms with Crippen LogP contribution in [-0.2, 0) is 14.3 Å². The van der Waals surface area contributed by atoms with Crippen LogP contribution in [0.2, 0.25) is 0 Å². The molecule has 0 aliphatic rings. The standard InChI is InChI=1S/C27H37N3O4/c1-8-20(4)30(23(31)17-28-26(33)34-27(5,6)7)24(21-14-11-12-18(2)16-21)25(32)29-22-15-10-9-13-19(22)3/h9-16,20,24H,8,17H2,1-7H3,(H,28,33)(H,29,32). The maximum absolute atomic E-state index is 13.7. The third kappa shape index (κ3) is 7.61. The molecule has 0 aliphatic carbocycles. The van der Waals surface area contributed by atoms with Gasteiger partial charge in [0, 0.05) is 11.7 Å². The average Bonchev–Trinajstić information content (AvgIpc) is 2.75. The van der Waals surface area contributed by atoms with E-state index in [4.69, 9.17) is 4.74 Å². The van der Waals surface area contributed by atoms with Crippen LogP contribution in [0.15, 0.2) is 48.5 Å². The van der Waals surface area contributed by atoms with Crippen molar-refractivity contribution < 1.29 is 19.1 Å². The number of benzene rings is 2. The Bertz CT molecular complexity index is 1010. The van der Waals surface area contributed by atoms with Crippen LogP contribution >= 0.6 is 0 Å². The van der Waals surface area contributed by atoms with Crippen molar-refractivity contribution in [3.8, 4) is 0 Å². The van der Waals surface area contributed by atoms with Gasteiger partial charge in [0.05, 0.1) is 0 Å². The molecule has 0 bridgehead atoms. The van der Waals surface area contributed by atoms with Crippen LogP contribution in [0.3, 0.4) is 0 Å². The lowest BCUT2D eigenvalue weighted by atomic mass is 9.99. The molecule has 0 aliphatic heterocycles. The molecule has 3 amide bonds. The van der Waals surface area contributed by atoms with Crippen molar-refractivity contribution in [2.24, 2.45) is 0 Å². The second kappa shape index (κ2) is 11.7. The second-order valence-electron chi connectivity index (χ2n) is 9.53. The van der Waals surface area contributed by atoms with Crippen molar-refractivity contribution in [2.45, 2.75) is 72.6 Å². The SMILES string of the molecule is CCC(C)N(C(=O)CNC(=O)OC(C)(C)C)C(C(=O)Nc1ccccc1C)c1cccc(C)c1. The second-order valence-corrected chi connectivity index (χ2v) is 9.53. The highest BCUT2D eigenvalue weighted by Crippen LogP contribution is 2.28. The van der Waals surface area contributed by atoms with Gasteiger partial charge in [-0.2, -0.15) is 0 Å². The van der Waals surface area contributed by atoms with Crippen LogP contribution in [0.4, 0.5) is 10.5 Å². The minimum atomic E-state index is -0.873. The Morgan fingerprint density at radius 2 is 1.71 bits per heavy atom. The van der Waals surface area contributed by atoms with E-state index in [2.05, 4.69) is 10.6 Å². The number of anilines is 1. The van der Waals surface area contributed by atoms with Gasteiger partial charge in [0.1, 0.15) is 18.2 Å². The molecule has 0 saturated carbocycles. The third-order valence-corrected chi connectivity index (χ3v) is 5.42. The Balaban J connectivity index is 2.40. The number of hydrogen-bond acceptors (Lipinski definition) is 4. The van der Waals surface area contributed by atoms with E-state index in [0.717, 1.165) is 11.1 Å². The number of hydrogen-bond donors (Lipinski definition) is 2. The molecule has 0 heterocycles. The van der Waals surface area contributed by atoms with E-state index in [0.29, 0.717) is 17.7 Å². The summed E-state index contributed by atoms with van der Waals surface area (Å²) in [6.45, 7) is 12.7. The zero-order chi connectivity index (χ0) is 25.5. The fraction of sp³-hybridized carbons (Fsp3) is 0.444. The first-order valence-electron chi connectivity index (χ1n) is 11.6. The molecular weight excluding hydrogens is 430 g/mol. The molecule has 0 radical (unpaired) electrons. The molecule has 2 rings (SSSR count). The molecule has 0 saturated heterocycles. The van der Waals surface area contributed by atoms with E-state index >= 15 is 0 Å². The molecule has 2 unspecified atom stereocenters.